The van der Waals surface area contributed by atoms with Gasteiger partial charge in [-0.2, -0.15) is 0 Å². The standard InChI is InChI=1S/C28H39N5O9S/c1-23-2-4-26(5-3-23)43(36,37)19-6-27(34)24-20-25(22-30-21-24)28(35)31-7-9-38-11-13-40-15-17-42-18-16-41-14-12-39-10-8-32-33-29/h2-5,20-22H,6-19H2,1H3,(H,31,35). The highest BCUT2D eigenvalue weighted by atomic mass is 32.2. The summed E-state index contributed by atoms with van der Waals surface area (Å²) < 4.78 is 51.9. The van der Waals surface area contributed by atoms with Crippen LogP contribution in [0.1, 0.15) is 32.7 Å². The summed E-state index contributed by atoms with van der Waals surface area (Å²) >= 11 is 0. The largest absolute Gasteiger partial charge is 0.379 e. The van der Waals surface area contributed by atoms with Crippen molar-refractivity contribution in [3.8, 4) is 0 Å². The molecule has 1 aromatic carbocycles. The van der Waals surface area contributed by atoms with E-state index in [0.29, 0.717) is 66.0 Å². The van der Waals surface area contributed by atoms with Crippen molar-refractivity contribution in [2.24, 2.45) is 5.11 Å². The number of hydrogen-bond acceptors (Lipinski definition) is 11. The highest BCUT2D eigenvalue weighted by molar-refractivity contribution is 7.91. The van der Waals surface area contributed by atoms with E-state index in [2.05, 4.69) is 20.3 Å². The lowest BCUT2D eigenvalue weighted by molar-refractivity contribution is -0.0102. The minimum atomic E-state index is -3.61. The van der Waals surface area contributed by atoms with Gasteiger partial charge in [-0.3, -0.25) is 14.6 Å². The second-order valence-electron chi connectivity index (χ2n) is 9.04. The van der Waals surface area contributed by atoms with E-state index in [-0.39, 0.29) is 41.3 Å². The van der Waals surface area contributed by atoms with Crippen molar-refractivity contribution >= 4 is 21.5 Å². The van der Waals surface area contributed by atoms with Crippen molar-refractivity contribution < 1.29 is 41.7 Å². The number of sulfone groups is 1. The third-order valence-electron chi connectivity index (χ3n) is 5.72. The average molecular weight is 622 g/mol. The Kier molecular flexibility index (Phi) is 17.7. The number of nitrogens with one attached hydrogen (secondary N) is 1. The summed E-state index contributed by atoms with van der Waals surface area (Å²) in [5.41, 5.74) is 9.43. The fraction of sp³-hybridized carbons (Fsp3) is 0.536. The maximum Gasteiger partial charge on any atom is 0.252 e. The summed E-state index contributed by atoms with van der Waals surface area (Å²) in [7, 11) is -3.61. The molecule has 0 saturated heterocycles. The Morgan fingerprint density at radius 2 is 1.37 bits per heavy atom. The summed E-state index contributed by atoms with van der Waals surface area (Å²) in [6, 6.07) is 7.85. The first-order chi connectivity index (χ1) is 20.8. The van der Waals surface area contributed by atoms with Gasteiger partial charge in [0.2, 0.25) is 0 Å². The SMILES string of the molecule is Cc1ccc(S(=O)(=O)CCC(=O)c2cncc(C(=O)NCCOCCOCCOCCOCCOCCN=[N+]=[N-])c2)cc1. The second-order valence-corrected chi connectivity index (χ2v) is 11.1. The van der Waals surface area contributed by atoms with Crippen LogP contribution in [0.15, 0.2) is 52.7 Å². The number of nitrogens with zero attached hydrogens (tertiary/aromatic N) is 4. The number of azide groups is 1. The van der Waals surface area contributed by atoms with Gasteiger partial charge in [0.1, 0.15) is 0 Å². The first-order valence-corrected chi connectivity index (χ1v) is 15.4. The molecule has 0 spiro atoms. The molecule has 0 fully saturated rings. The predicted octanol–water partition coefficient (Wildman–Crippen LogP) is 2.56. The zero-order valence-corrected chi connectivity index (χ0v) is 25.1. The van der Waals surface area contributed by atoms with E-state index in [1.807, 2.05) is 6.92 Å². The van der Waals surface area contributed by atoms with E-state index in [1.54, 1.807) is 12.1 Å². The van der Waals surface area contributed by atoms with Crippen molar-refractivity contribution in [3.63, 3.8) is 0 Å². The molecule has 1 amide bonds. The van der Waals surface area contributed by atoms with Gasteiger partial charge in [-0.1, -0.05) is 22.8 Å². The van der Waals surface area contributed by atoms with Gasteiger partial charge in [0.05, 0.1) is 82.3 Å². The quantitative estimate of drug-likeness (QED) is 0.0600. The first-order valence-electron chi connectivity index (χ1n) is 13.8. The number of rotatable bonds is 24. The topological polar surface area (TPSA) is 188 Å². The van der Waals surface area contributed by atoms with Crippen LogP contribution in [-0.4, -0.2) is 110 Å². The summed E-state index contributed by atoms with van der Waals surface area (Å²) in [5.74, 6) is -1.18. The molecule has 2 rings (SSSR count). The molecule has 1 aromatic heterocycles. The number of carbonyl (C=O) groups excluding carboxylic acids is 2. The van der Waals surface area contributed by atoms with E-state index in [1.165, 1.54) is 30.6 Å². The second kappa shape index (κ2) is 21.3. The number of ketones is 1. The normalized spacial score (nSPS) is 11.2. The molecule has 0 bridgehead atoms. The Morgan fingerprint density at radius 1 is 0.837 bits per heavy atom. The van der Waals surface area contributed by atoms with Crippen LogP contribution in [-0.2, 0) is 33.5 Å². The highest BCUT2D eigenvalue weighted by Crippen LogP contribution is 2.15. The number of Topliss-reactive ketones (excluding diaryl/α,β-unsaturated/α-hetero) is 1. The maximum absolute atomic E-state index is 12.6. The number of aryl methyl sites for hydroxylation is 1. The Morgan fingerprint density at radius 3 is 1.95 bits per heavy atom. The lowest BCUT2D eigenvalue weighted by Crippen LogP contribution is -2.28. The van der Waals surface area contributed by atoms with Gasteiger partial charge in [-0.15, -0.1) is 0 Å². The Hall–Kier alpha value is -3.43. The lowest BCUT2D eigenvalue weighted by atomic mass is 10.1. The fourth-order valence-corrected chi connectivity index (χ4v) is 4.66. The number of carbonyl (C=O) groups is 2. The zero-order chi connectivity index (χ0) is 31.2. The maximum atomic E-state index is 12.6. The van der Waals surface area contributed by atoms with Gasteiger partial charge in [0.15, 0.2) is 15.6 Å². The molecule has 0 atom stereocenters. The van der Waals surface area contributed by atoms with Gasteiger partial charge in [-0.05, 0) is 30.7 Å². The van der Waals surface area contributed by atoms with Gasteiger partial charge in [0.25, 0.3) is 5.91 Å². The molecule has 1 N–H and O–H groups in total. The van der Waals surface area contributed by atoms with Crippen molar-refractivity contribution in [3.05, 3.63) is 69.9 Å². The third kappa shape index (κ3) is 15.6. The molecule has 43 heavy (non-hydrogen) atoms. The van der Waals surface area contributed by atoms with Crippen LogP contribution >= 0.6 is 0 Å². The van der Waals surface area contributed by atoms with Crippen LogP contribution in [0.3, 0.4) is 0 Å². The number of hydrogen-bond donors (Lipinski definition) is 1. The third-order valence-corrected chi connectivity index (χ3v) is 7.45. The van der Waals surface area contributed by atoms with Crippen LogP contribution in [0.2, 0.25) is 0 Å². The van der Waals surface area contributed by atoms with Crippen molar-refractivity contribution in [2.75, 3.05) is 84.9 Å². The molecule has 1 heterocycles. The van der Waals surface area contributed by atoms with Gasteiger partial charge < -0.3 is 29.0 Å². The van der Waals surface area contributed by atoms with E-state index in [9.17, 15) is 18.0 Å². The van der Waals surface area contributed by atoms with Crippen LogP contribution in [0.4, 0.5) is 0 Å². The molecular weight excluding hydrogens is 582 g/mol. The summed E-state index contributed by atoms with van der Waals surface area (Å²) in [4.78, 5) is 31.8. The van der Waals surface area contributed by atoms with Crippen molar-refractivity contribution in [2.45, 2.75) is 18.2 Å². The molecular formula is C28H39N5O9S. The van der Waals surface area contributed by atoms with Gasteiger partial charge >= 0.3 is 0 Å². The molecule has 0 unspecified atom stereocenters. The van der Waals surface area contributed by atoms with Crippen LogP contribution < -0.4 is 5.32 Å². The Bertz CT molecular complexity index is 1270. The molecule has 2 aromatic rings. The van der Waals surface area contributed by atoms with Crippen molar-refractivity contribution in [1.82, 2.24) is 10.3 Å². The molecule has 0 aliphatic heterocycles. The predicted molar refractivity (Wildman–Crippen MR) is 157 cm³/mol. The number of amides is 1. The Balaban J connectivity index is 1.50. The molecule has 236 valence electrons. The number of pyridine rings is 1. The minimum absolute atomic E-state index is 0.165. The van der Waals surface area contributed by atoms with Gasteiger partial charge in [-0.25, -0.2) is 8.42 Å². The van der Waals surface area contributed by atoms with Gasteiger partial charge in [0, 0.05) is 42.4 Å². The van der Waals surface area contributed by atoms with Crippen molar-refractivity contribution in [1.29, 1.82) is 0 Å². The van der Waals surface area contributed by atoms with Crippen LogP contribution in [0.5, 0.6) is 0 Å². The summed E-state index contributed by atoms with van der Waals surface area (Å²) in [5, 5.41) is 6.05. The summed E-state index contributed by atoms with van der Waals surface area (Å²) in [6.07, 6.45) is 2.43. The molecule has 14 nitrogen and oxygen atoms in total. The monoisotopic (exact) mass is 621 g/mol. The Labute approximate surface area is 251 Å². The fourth-order valence-electron chi connectivity index (χ4n) is 3.42. The van der Waals surface area contributed by atoms with E-state index >= 15 is 0 Å². The highest BCUT2D eigenvalue weighted by Gasteiger charge is 2.18. The number of aromatic nitrogens is 1. The zero-order valence-electron chi connectivity index (χ0n) is 24.3. The summed E-state index contributed by atoms with van der Waals surface area (Å²) in [6.45, 7) is 6.29. The molecule has 0 saturated carbocycles. The van der Waals surface area contributed by atoms with E-state index < -0.39 is 21.5 Å². The number of benzene rings is 1. The number of ether oxygens (including phenoxy) is 5. The first kappa shape index (κ1) is 35.8. The lowest BCUT2D eigenvalue weighted by Gasteiger charge is -2.09. The molecule has 0 aliphatic carbocycles. The minimum Gasteiger partial charge on any atom is -0.379 e. The van der Waals surface area contributed by atoms with Crippen LogP contribution in [0.25, 0.3) is 10.4 Å². The smallest absolute Gasteiger partial charge is 0.252 e. The average Bonchev–Trinajstić information content (AvgIpc) is 3.01. The molecule has 0 aliphatic rings. The molecule has 15 heteroatoms. The molecule has 0 radical (unpaired) electrons. The van der Waals surface area contributed by atoms with E-state index in [0.717, 1.165) is 5.56 Å². The van der Waals surface area contributed by atoms with Crippen LogP contribution in [0, 0.1) is 6.92 Å². The van der Waals surface area contributed by atoms with E-state index in [4.69, 9.17) is 29.2 Å².